The Labute approximate surface area is 125 Å². The first kappa shape index (κ1) is 13.8. The van der Waals surface area contributed by atoms with Gasteiger partial charge in [-0.25, -0.2) is 0 Å². The first-order valence-electron chi connectivity index (χ1n) is 7.19. The smallest absolute Gasteiger partial charge is 0.174 e. The number of aromatic nitrogens is 1. The van der Waals surface area contributed by atoms with Gasteiger partial charge in [0.05, 0.1) is 18.1 Å². The molecule has 0 saturated heterocycles. The average molecular weight is 281 g/mol. The van der Waals surface area contributed by atoms with E-state index in [9.17, 15) is 4.79 Å². The molecule has 3 nitrogen and oxygen atoms in total. The van der Waals surface area contributed by atoms with E-state index in [1.807, 2.05) is 43.3 Å². The van der Waals surface area contributed by atoms with E-state index in [1.165, 1.54) is 0 Å². The van der Waals surface area contributed by atoms with Gasteiger partial charge in [-0.2, -0.15) is 0 Å². The molecule has 108 valence electrons. The number of para-hydroxylation sites is 1. The molecule has 0 N–H and O–H groups in total. The number of carbonyl (C=O) groups excluding carboxylic acids is 1. The molecule has 1 atom stereocenters. The quantitative estimate of drug-likeness (QED) is 0.845. The van der Waals surface area contributed by atoms with Gasteiger partial charge >= 0.3 is 0 Å². The molecule has 2 heterocycles. The fourth-order valence-corrected chi connectivity index (χ4v) is 2.84. The molecule has 0 spiro atoms. The summed E-state index contributed by atoms with van der Waals surface area (Å²) < 4.78 is 5.80. The fourth-order valence-electron chi connectivity index (χ4n) is 2.84. The van der Waals surface area contributed by atoms with E-state index in [0.29, 0.717) is 17.9 Å². The summed E-state index contributed by atoms with van der Waals surface area (Å²) in [6.07, 6.45) is 1.80. The van der Waals surface area contributed by atoms with E-state index in [-0.39, 0.29) is 17.1 Å². The van der Waals surface area contributed by atoms with Crippen LogP contribution >= 0.6 is 0 Å². The zero-order chi connectivity index (χ0) is 15.0. The van der Waals surface area contributed by atoms with Crippen LogP contribution in [0, 0.1) is 12.8 Å². The Bertz CT molecular complexity index is 691. The van der Waals surface area contributed by atoms with Gasteiger partial charge in [-0.1, -0.05) is 26.0 Å². The summed E-state index contributed by atoms with van der Waals surface area (Å²) in [6, 6.07) is 11.5. The van der Waals surface area contributed by atoms with Gasteiger partial charge in [-0.3, -0.25) is 9.78 Å². The molecule has 3 rings (SSSR count). The van der Waals surface area contributed by atoms with Crippen LogP contribution in [0.25, 0.3) is 0 Å². The molecule has 1 aromatic carbocycles. The highest BCUT2D eigenvalue weighted by atomic mass is 16.5. The largest absolute Gasteiger partial charge is 0.492 e. The monoisotopic (exact) mass is 281 g/mol. The number of aryl methyl sites for hydroxylation is 1. The number of nitrogens with zero attached hydrogens (tertiary/aromatic N) is 1. The summed E-state index contributed by atoms with van der Waals surface area (Å²) in [7, 11) is 0. The fraction of sp³-hybridized carbons (Fsp3) is 0.333. The number of pyridine rings is 1. The molecule has 3 heteroatoms. The van der Waals surface area contributed by atoms with Crippen molar-refractivity contribution >= 4 is 5.78 Å². The third-order valence-corrected chi connectivity index (χ3v) is 4.32. The van der Waals surface area contributed by atoms with Gasteiger partial charge in [0.2, 0.25) is 0 Å². The SMILES string of the molecule is Cc1ccnc(C(C)(C)C2COc3ccccc3C2=O)c1. The lowest BCUT2D eigenvalue weighted by atomic mass is 9.71. The molecule has 1 aliphatic rings. The molecule has 0 aliphatic carbocycles. The zero-order valence-corrected chi connectivity index (χ0v) is 12.6. The maximum atomic E-state index is 12.8. The van der Waals surface area contributed by atoms with Crippen molar-refractivity contribution in [3.63, 3.8) is 0 Å². The third kappa shape index (κ3) is 2.33. The maximum Gasteiger partial charge on any atom is 0.174 e. The van der Waals surface area contributed by atoms with Crippen molar-refractivity contribution in [2.75, 3.05) is 6.61 Å². The van der Waals surface area contributed by atoms with Gasteiger partial charge in [0, 0.05) is 17.3 Å². The number of hydrogen-bond donors (Lipinski definition) is 0. The van der Waals surface area contributed by atoms with Gasteiger partial charge < -0.3 is 4.74 Å². The van der Waals surface area contributed by atoms with Crippen LogP contribution in [0.15, 0.2) is 42.6 Å². The van der Waals surface area contributed by atoms with Crippen molar-refractivity contribution < 1.29 is 9.53 Å². The Kier molecular flexibility index (Phi) is 3.28. The van der Waals surface area contributed by atoms with Crippen molar-refractivity contribution in [1.29, 1.82) is 0 Å². The Balaban J connectivity index is 1.99. The Hall–Kier alpha value is -2.16. The van der Waals surface area contributed by atoms with Crippen molar-refractivity contribution in [3.8, 4) is 5.75 Å². The summed E-state index contributed by atoms with van der Waals surface area (Å²) >= 11 is 0. The average Bonchev–Trinajstić information content (AvgIpc) is 2.47. The summed E-state index contributed by atoms with van der Waals surface area (Å²) in [6.45, 7) is 6.57. The topological polar surface area (TPSA) is 39.2 Å². The predicted octanol–water partition coefficient (Wildman–Crippen LogP) is 3.56. The lowest BCUT2D eigenvalue weighted by molar-refractivity contribution is 0.0733. The summed E-state index contributed by atoms with van der Waals surface area (Å²) in [5.74, 6) is 0.610. The lowest BCUT2D eigenvalue weighted by Crippen LogP contribution is -2.42. The predicted molar refractivity (Wildman–Crippen MR) is 81.8 cm³/mol. The zero-order valence-electron chi connectivity index (χ0n) is 12.6. The van der Waals surface area contributed by atoms with Crippen LogP contribution in [0.4, 0.5) is 0 Å². The molecule has 1 unspecified atom stereocenters. The number of carbonyl (C=O) groups is 1. The number of hydrogen-bond acceptors (Lipinski definition) is 3. The molecule has 0 amide bonds. The molecule has 0 bridgehead atoms. The number of ketones is 1. The molecule has 1 aliphatic heterocycles. The highest BCUT2D eigenvalue weighted by Gasteiger charge is 2.41. The van der Waals surface area contributed by atoms with Crippen molar-refractivity contribution in [1.82, 2.24) is 4.98 Å². The number of ether oxygens (including phenoxy) is 1. The second-order valence-electron chi connectivity index (χ2n) is 6.16. The molecule has 0 fully saturated rings. The number of rotatable bonds is 2. The van der Waals surface area contributed by atoms with Crippen LogP contribution < -0.4 is 4.74 Å². The van der Waals surface area contributed by atoms with Crippen molar-refractivity contribution in [3.05, 3.63) is 59.4 Å². The molecule has 21 heavy (non-hydrogen) atoms. The van der Waals surface area contributed by atoms with E-state index in [1.54, 1.807) is 6.20 Å². The van der Waals surface area contributed by atoms with E-state index in [2.05, 4.69) is 18.8 Å². The molecule has 2 aromatic rings. The van der Waals surface area contributed by atoms with E-state index < -0.39 is 0 Å². The second-order valence-corrected chi connectivity index (χ2v) is 6.16. The number of Topliss-reactive ketones (excluding diaryl/α,β-unsaturated/α-hetero) is 1. The Morgan fingerprint density at radius 1 is 1.24 bits per heavy atom. The lowest BCUT2D eigenvalue weighted by Gasteiger charge is -2.36. The minimum absolute atomic E-state index is 0.144. The second kappa shape index (κ2) is 4.99. The highest BCUT2D eigenvalue weighted by Crippen LogP contribution is 2.38. The van der Waals surface area contributed by atoms with Crippen LogP contribution in [0.1, 0.15) is 35.5 Å². The molecular formula is C18H19NO2. The molecular weight excluding hydrogens is 262 g/mol. The van der Waals surface area contributed by atoms with Crippen LogP contribution in [0.3, 0.4) is 0 Å². The van der Waals surface area contributed by atoms with Gasteiger partial charge in [0.25, 0.3) is 0 Å². The van der Waals surface area contributed by atoms with Crippen LogP contribution in [0.5, 0.6) is 5.75 Å². The maximum absolute atomic E-state index is 12.8. The summed E-state index contributed by atoms with van der Waals surface area (Å²) in [5.41, 5.74) is 2.40. The van der Waals surface area contributed by atoms with Crippen LogP contribution in [-0.4, -0.2) is 17.4 Å². The molecule has 0 saturated carbocycles. The van der Waals surface area contributed by atoms with Crippen molar-refractivity contribution in [2.24, 2.45) is 5.92 Å². The first-order chi connectivity index (χ1) is 10.00. The normalized spacial score (nSPS) is 18.0. The van der Waals surface area contributed by atoms with Gasteiger partial charge in [-0.05, 0) is 36.8 Å². The number of fused-ring (bicyclic) bond motifs is 1. The standard InChI is InChI=1S/C18H19NO2/c1-12-8-9-19-16(10-12)18(2,3)14-11-21-15-7-5-4-6-13(15)17(14)20/h4-10,14H,11H2,1-3H3. The molecule has 0 radical (unpaired) electrons. The first-order valence-corrected chi connectivity index (χ1v) is 7.19. The van der Waals surface area contributed by atoms with Gasteiger partial charge in [0.1, 0.15) is 5.75 Å². The minimum atomic E-state index is -0.364. The van der Waals surface area contributed by atoms with Gasteiger partial charge in [0.15, 0.2) is 5.78 Å². The summed E-state index contributed by atoms with van der Waals surface area (Å²) in [5, 5.41) is 0. The van der Waals surface area contributed by atoms with E-state index in [4.69, 9.17) is 4.74 Å². The van der Waals surface area contributed by atoms with Crippen LogP contribution in [-0.2, 0) is 5.41 Å². The van der Waals surface area contributed by atoms with E-state index >= 15 is 0 Å². The van der Waals surface area contributed by atoms with Crippen molar-refractivity contribution in [2.45, 2.75) is 26.2 Å². The molecule has 1 aromatic heterocycles. The van der Waals surface area contributed by atoms with Crippen LogP contribution in [0.2, 0.25) is 0 Å². The Morgan fingerprint density at radius 3 is 2.76 bits per heavy atom. The number of benzene rings is 1. The summed E-state index contributed by atoms with van der Waals surface area (Å²) in [4.78, 5) is 17.3. The minimum Gasteiger partial charge on any atom is -0.492 e. The highest BCUT2D eigenvalue weighted by molar-refractivity contribution is 6.02. The van der Waals surface area contributed by atoms with Gasteiger partial charge in [-0.15, -0.1) is 0 Å². The third-order valence-electron chi connectivity index (χ3n) is 4.32. The Morgan fingerprint density at radius 2 is 2.00 bits per heavy atom. The van der Waals surface area contributed by atoms with E-state index in [0.717, 1.165) is 11.3 Å².